The van der Waals surface area contributed by atoms with Crippen LogP contribution in [0.1, 0.15) is 39.2 Å². The zero-order valence-electron chi connectivity index (χ0n) is 20.1. The first-order valence-corrected chi connectivity index (χ1v) is 14.5. The molecule has 0 bridgehead atoms. The van der Waals surface area contributed by atoms with Crippen molar-refractivity contribution in [2.24, 2.45) is 0 Å². The highest BCUT2D eigenvalue weighted by Crippen LogP contribution is 2.31. The predicted molar refractivity (Wildman–Crippen MR) is 145 cm³/mol. The van der Waals surface area contributed by atoms with E-state index in [0.717, 1.165) is 20.6 Å². The number of hydrogen-bond donors (Lipinski definition) is 1. The summed E-state index contributed by atoms with van der Waals surface area (Å²) in [6.07, 6.45) is 1.34. The number of halogens is 3. The molecule has 35 heavy (non-hydrogen) atoms. The van der Waals surface area contributed by atoms with Gasteiger partial charge in [-0.05, 0) is 63.1 Å². The molecule has 0 saturated carbocycles. The predicted octanol–water partition coefficient (Wildman–Crippen LogP) is 5.24. The van der Waals surface area contributed by atoms with Crippen molar-refractivity contribution in [3.8, 4) is 0 Å². The summed E-state index contributed by atoms with van der Waals surface area (Å²) in [5.41, 5.74) is 1.12. The molecule has 2 amide bonds. The Morgan fingerprint density at radius 2 is 1.69 bits per heavy atom. The fourth-order valence-corrected chi connectivity index (χ4v) is 5.10. The number of carbonyl (C=O) groups excluding carboxylic acids is 2. The lowest BCUT2D eigenvalue weighted by Gasteiger charge is -2.30. The van der Waals surface area contributed by atoms with Crippen molar-refractivity contribution in [2.75, 3.05) is 17.1 Å². The van der Waals surface area contributed by atoms with E-state index < -0.39 is 16.1 Å². The minimum absolute atomic E-state index is 0.0311. The third-order valence-corrected chi connectivity index (χ3v) is 7.46. The number of amides is 2. The van der Waals surface area contributed by atoms with Gasteiger partial charge in [0.1, 0.15) is 6.04 Å². The number of nitrogens with zero attached hydrogens (tertiary/aromatic N) is 2. The lowest BCUT2D eigenvalue weighted by Crippen LogP contribution is -2.49. The molecular weight excluding hydrogens is 577 g/mol. The van der Waals surface area contributed by atoms with E-state index in [9.17, 15) is 18.0 Å². The Bertz CT molecular complexity index is 1140. The summed E-state index contributed by atoms with van der Waals surface area (Å²) in [7, 11) is -3.67. The molecular formula is C24H30BrCl2N3O4S. The molecule has 0 saturated heterocycles. The van der Waals surface area contributed by atoms with Crippen molar-refractivity contribution >= 4 is 66.7 Å². The summed E-state index contributed by atoms with van der Waals surface area (Å²) in [5.74, 6) is -0.515. The summed E-state index contributed by atoms with van der Waals surface area (Å²) in [5, 5.41) is 3.43. The van der Waals surface area contributed by atoms with Crippen molar-refractivity contribution in [1.82, 2.24) is 10.2 Å². The molecule has 7 nitrogen and oxygen atoms in total. The first kappa shape index (κ1) is 29.4. The SMILES string of the molecule is CC(C)NC(=O)C(C)N(Cc1ccc(Br)cc1)C(=O)CCCN(c1cc(Cl)ccc1Cl)S(C)(=O)=O. The number of sulfonamides is 1. The highest BCUT2D eigenvalue weighted by molar-refractivity contribution is 9.10. The summed E-state index contributed by atoms with van der Waals surface area (Å²) < 4.78 is 26.9. The van der Waals surface area contributed by atoms with Crippen LogP contribution < -0.4 is 9.62 Å². The molecule has 0 spiro atoms. The van der Waals surface area contributed by atoms with Gasteiger partial charge in [0, 0.05) is 35.0 Å². The van der Waals surface area contributed by atoms with E-state index in [4.69, 9.17) is 23.2 Å². The van der Waals surface area contributed by atoms with E-state index in [2.05, 4.69) is 21.2 Å². The second-order valence-corrected chi connectivity index (χ2v) is 12.2. The highest BCUT2D eigenvalue weighted by Gasteiger charge is 2.27. The van der Waals surface area contributed by atoms with Gasteiger partial charge in [-0.3, -0.25) is 13.9 Å². The maximum atomic E-state index is 13.3. The van der Waals surface area contributed by atoms with Crippen molar-refractivity contribution in [2.45, 2.75) is 52.2 Å². The molecule has 2 aromatic carbocycles. The van der Waals surface area contributed by atoms with Crippen molar-refractivity contribution in [3.63, 3.8) is 0 Å². The van der Waals surface area contributed by atoms with Gasteiger partial charge in [0.05, 0.1) is 17.0 Å². The van der Waals surface area contributed by atoms with Crippen LogP contribution in [-0.4, -0.2) is 50.0 Å². The van der Waals surface area contributed by atoms with Gasteiger partial charge < -0.3 is 10.2 Å². The summed E-state index contributed by atoms with van der Waals surface area (Å²) >= 11 is 15.7. The van der Waals surface area contributed by atoms with E-state index in [0.29, 0.717) is 5.02 Å². The normalized spacial score (nSPS) is 12.3. The number of rotatable bonds is 11. The summed E-state index contributed by atoms with van der Waals surface area (Å²) in [6, 6.07) is 11.3. The zero-order chi connectivity index (χ0) is 26.3. The number of hydrogen-bond acceptors (Lipinski definition) is 4. The Labute approximate surface area is 225 Å². The fraction of sp³-hybridized carbons (Fsp3) is 0.417. The second kappa shape index (κ2) is 12.9. The number of benzene rings is 2. The van der Waals surface area contributed by atoms with Crippen LogP contribution in [0.15, 0.2) is 46.9 Å². The van der Waals surface area contributed by atoms with E-state index in [1.54, 1.807) is 13.0 Å². The smallest absolute Gasteiger partial charge is 0.242 e. The Kier molecular flexibility index (Phi) is 10.9. The van der Waals surface area contributed by atoms with E-state index in [-0.39, 0.29) is 54.5 Å². The molecule has 1 atom stereocenters. The van der Waals surface area contributed by atoms with Crippen molar-refractivity contribution in [1.29, 1.82) is 0 Å². The fourth-order valence-electron chi connectivity index (χ4n) is 3.43. The van der Waals surface area contributed by atoms with Gasteiger partial charge in [-0.15, -0.1) is 0 Å². The number of anilines is 1. The average Bonchev–Trinajstić information content (AvgIpc) is 2.76. The lowest BCUT2D eigenvalue weighted by atomic mass is 10.1. The maximum absolute atomic E-state index is 13.3. The molecule has 0 fully saturated rings. The molecule has 0 radical (unpaired) electrons. The molecule has 1 N–H and O–H groups in total. The van der Waals surface area contributed by atoms with Crippen LogP contribution in [0, 0.1) is 0 Å². The largest absolute Gasteiger partial charge is 0.352 e. The van der Waals surface area contributed by atoms with Gasteiger partial charge >= 0.3 is 0 Å². The van der Waals surface area contributed by atoms with Gasteiger partial charge in [0.15, 0.2) is 0 Å². The number of nitrogens with one attached hydrogen (secondary N) is 1. The van der Waals surface area contributed by atoms with Gasteiger partial charge in [0.2, 0.25) is 21.8 Å². The minimum atomic E-state index is -3.67. The van der Waals surface area contributed by atoms with Crippen molar-refractivity contribution in [3.05, 3.63) is 62.5 Å². The first-order chi connectivity index (χ1) is 16.3. The lowest BCUT2D eigenvalue weighted by molar-refractivity contribution is -0.140. The van der Waals surface area contributed by atoms with E-state index >= 15 is 0 Å². The van der Waals surface area contributed by atoms with Crippen LogP contribution >= 0.6 is 39.1 Å². The van der Waals surface area contributed by atoms with E-state index in [1.165, 1.54) is 17.0 Å². The average molecular weight is 607 g/mol. The molecule has 192 valence electrons. The first-order valence-electron chi connectivity index (χ1n) is 11.1. The molecule has 2 aromatic rings. The molecule has 2 rings (SSSR count). The Balaban J connectivity index is 2.20. The summed E-state index contributed by atoms with van der Waals surface area (Å²) in [4.78, 5) is 27.5. The highest BCUT2D eigenvalue weighted by atomic mass is 79.9. The van der Waals surface area contributed by atoms with Gasteiger partial charge in [-0.2, -0.15) is 0 Å². The van der Waals surface area contributed by atoms with Crippen LogP contribution in [0.3, 0.4) is 0 Å². The second-order valence-electron chi connectivity index (χ2n) is 8.52. The third-order valence-electron chi connectivity index (χ3n) is 5.19. The van der Waals surface area contributed by atoms with Crippen LogP contribution in [0.5, 0.6) is 0 Å². The molecule has 0 aromatic heterocycles. The molecule has 0 aliphatic heterocycles. The standard InChI is InChI=1S/C24H30BrCl2N3O4S/c1-16(2)28-24(32)17(3)29(15-18-7-9-19(25)10-8-18)23(31)6-5-13-30(35(4,33)34)22-14-20(26)11-12-21(22)27/h7-12,14,16-17H,5-6,13,15H2,1-4H3,(H,28,32). The van der Waals surface area contributed by atoms with E-state index in [1.807, 2.05) is 38.1 Å². The zero-order valence-corrected chi connectivity index (χ0v) is 24.0. The van der Waals surface area contributed by atoms with Gasteiger partial charge in [0.25, 0.3) is 0 Å². The van der Waals surface area contributed by atoms with Crippen LogP contribution in [-0.2, 0) is 26.2 Å². The maximum Gasteiger partial charge on any atom is 0.242 e. The Hall–Kier alpha value is -1.81. The molecule has 11 heteroatoms. The molecule has 0 heterocycles. The van der Waals surface area contributed by atoms with Crippen LogP contribution in [0.4, 0.5) is 5.69 Å². The Morgan fingerprint density at radius 3 is 2.26 bits per heavy atom. The topological polar surface area (TPSA) is 86.8 Å². The quantitative estimate of drug-likeness (QED) is 0.379. The molecule has 1 unspecified atom stereocenters. The third kappa shape index (κ3) is 8.97. The molecule has 0 aliphatic rings. The van der Waals surface area contributed by atoms with Gasteiger partial charge in [-0.1, -0.05) is 51.3 Å². The van der Waals surface area contributed by atoms with Crippen LogP contribution in [0.2, 0.25) is 10.0 Å². The monoisotopic (exact) mass is 605 g/mol. The number of carbonyl (C=O) groups is 2. The van der Waals surface area contributed by atoms with Crippen molar-refractivity contribution < 1.29 is 18.0 Å². The van der Waals surface area contributed by atoms with Gasteiger partial charge in [-0.25, -0.2) is 8.42 Å². The minimum Gasteiger partial charge on any atom is -0.352 e. The Morgan fingerprint density at radius 1 is 1.06 bits per heavy atom. The summed E-state index contributed by atoms with van der Waals surface area (Å²) in [6.45, 7) is 5.67. The molecule has 0 aliphatic carbocycles. The van der Waals surface area contributed by atoms with Crippen LogP contribution in [0.25, 0.3) is 0 Å².